The third-order valence-electron chi connectivity index (χ3n) is 5.19. The fourth-order valence-corrected chi connectivity index (χ4v) is 5.96. The molecule has 1 heterocycles. The lowest BCUT2D eigenvalue weighted by molar-refractivity contribution is -0.275. The van der Waals surface area contributed by atoms with Gasteiger partial charge < -0.3 is 14.6 Å². The number of halogens is 4. The van der Waals surface area contributed by atoms with E-state index in [1.54, 1.807) is 43.4 Å². The topological polar surface area (TPSA) is 135 Å². The van der Waals surface area contributed by atoms with Crippen molar-refractivity contribution in [1.29, 1.82) is 0 Å². The Bertz CT molecular complexity index is 1460. The van der Waals surface area contributed by atoms with Gasteiger partial charge in [0.25, 0.3) is 13.6 Å². The minimum absolute atomic E-state index is 0.0178. The molecule has 0 aromatic heterocycles. The number of amides is 1. The lowest BCUT2D eigenvalue weighted by Crippen LogP contribution is -2.43. The van der Waals surface area contributed by atoms with E-state index >= 15 is 0 Å². The number of hydrogen-bond donors (Lipinski definition) is 1. The molecule has 1 N–H and O–H groups in total. The number of rotatable bonds is 5. The first kappa shape index (κ1) is 30.6. The number of aliphatic carboxylic acids is 1. The standard InChI is InChI=1S/C24H25F3IN3O7S/c1-21(2,3)18-14(12-11-13-17(18)23(28,19(32)33)30-29-13)31(20(34)38-22(4,5)6)39(35,36)16-10-8-7-9-15(16)37-24(25,26)27/h7-12H,1-6H3,(H,32,33). The highest BCUT2D eigenvalue weighted by Crippen LogP contribution is 2.53. The minimum atomic E-state index is -5.24. The summed E-state index contributed by atoms with van der Waals surface area (Å²) in [5.74, 6) is -2.47. The monoisotopic (exact) mass is 683 g/mol. The number of fused-ring (bicyclic) bond motifs is 1. The Morgan fingerprint density at radius 2 is 1.62 bits per heavy atom. The zero-order valence-corrected chi connectivity index (χ0v) is 24.6. The van der Waals surface area contributed by atoms with E-state index in [4.69, 9.17) is 4.74 Å². The van der Waals surface area contributed by atoms with Crippen LogP contribution in [0, 0.1) is 0 Å². The number of ether oxygens (including phenoxy) is 2. The molecule has 15 heteroatoms. The van der Waals surface area contributed by atoms with Crippen LogP contribution in [0.25, 0.3) is 0 Å². The molecule has 39 heavy (non-hydrogen) atoms. The van der Waals surface area contributed by atoms with Crippen molar-refractivity contribution < 1.29 is 45.8 Å². The number of sulfonamides is 1. The molecule has 1 aliphatic heterocycles. The van der Waals surface area contributed by atoms with Gasteiger partial charge in [0.15, 0.2) is 0 Å². The second kappa shape index (κ2) is 9.91. The van der Waals surface area contributed by atoms with Gasteiger partial charge in [0.05, 0.1) is 11.4 Å². The Hall–Kier alpha value is -2.95. The molecule has 1 atom stereocenters. The van der Waals surface area contributed by atoms with Gasteiger partial charge >= 0.3 is 18.4 Å². The van der Waals surface area contributed by atoms with Gasteiger partial charge in [0.2, 0.25) is 0 Å². The highest BCUT2D eigenvalue weighted by molar-refractivity contribution is 14.1. The van der Waals surface area contributed by atoms with Crippen LogP contribution in [0.3, 0.4) is 0 Å². The van der Waals surface area contributed by atoms with Gasteiger partial charge in [-0.15, -0.1) is 13.2 Å². The summed E-state index contributed by atoms with van der Waals surface area (Å²) in [5, 5.41) is 17.8. The van der Waals surface area contributed by atoms with Gasteiger partial charge in [0, 0.05) is 5.56 Å². The summed E-state index contributed by atoms with van der Waals surface area (Å²) in [4.78, 5) is 24.8. The van der Waals surface area contributed by atoms with Crippen LogP contribution in [0.1, 0.15) is 52.7 Å². The van der Waals surface area contributed by atoms with E-state index in [9.17, 15) is 36.3 Å². The second-order valence-electron chi connectivity index (χ2n) is 10.5. The molecule has 0 saturated carbocycles. The lowest BCUT2D eigenvalue weighted by atomic mass is 9.80. The Morgan fingerprint density at radius 3 is 2.13 bits per heavy atom. The van der Waals surface area contributed by atoms with E-state index in [1.807, 2.05) is 0 Å². The van der Waals surface area contributed by atoms with E-state index in [0.717, 1.165) is 24.3 Å². The zero-order chi connectivity index (χ0) is 29.8. The first-order chi connectivity index (χ1) is 17.6. The van der Waals surface area contributed by atoms with Gasteiger partial charge in [-0.25, -0.2) is 18.0 Å². The smallest absolute Gasteiger partial charge is 0.479 e. The Labute approximate surface area is 236 Å². The predicted octanol–water partition coefficient (Wildman–Crippen LogP) is 6.78. The maximum atomic E-state index is 14.1. The second-order valence-corrected chi connectivity index (χ2v) is 13.8. The summed E-state index contributed by atoms with van der Waals surface area (Å²) < 4.78 is 75.1. The van der Waals surface area contributed by atoms with Crippen LogP contribution in [-0.4, -0.2) is 37.6 Å². The minimum Gasteiger partial charge on any atom is -0.479 e. The Morgan fingerprint density at radius 1 is 1.03 bits per heavy atom. The summed E-state index contributed by atoms with van der Waals surface area (Å²) in [6, 6.07) is 6.42. The summed E-state index contributed by atoms with van der Waals surface area (Å²) in [7, 11) is -5.16. The van der Waals surface area contributed by atoms with Crippen LogP contribution in [0.5, 0.6) is 5.75 Å². The number of benzene rings is 2. The first-order valence-corrected chi connectivity index (χ1v) is 13.8. The van der Waals surface area contributed by atoms with E-state index < -0.39 is 53.7 Å². The number of para-hydroxylation sites is 1. The summed E-state index contributed by atoms with van der Waals surface area (Å²) >= 11 is 1.56. The maximum absolute atomic E-state index is 14.1. The molecule has 2 aromatic rings. The lowest BCUT2D eigenvalue weighted by Gasteiger charge is -2.34. The predicted molar refractivity (Wildman–Crippen MR) is 142 cm³/mol. The molecule has 1 unspecified atom stereocenters. The van der Waals surface area contributed by atoms with E-state index in [-0.39, 0.29) is 26.8 Å². The van der Waals surface area contributed by atoms with Crippen LogP contribution in [0.4, 0.5) is 29.3 Å². The highest BCUT2D eigenvalue weighted by Gasteiger charge is 2.50. The average molecular weight is 683 g/mol. The number of alkyl halides is 4. The number of hydrogen-bond acceptors (Lipinski definition) is 8. The number of carbonyl (C=O) groups excluding carboxylic acids is 1. The summed E-state index contributed by atoms with van der Waals surface area (Å²) in [5.41, 5.74) is -2.38. The molecule has 1 amide bonds. The van der Waals surface area contributed by atoms with E-state index in [0.29, 0.717) is 0 Å². The summed E-state index contributed by atoms with van der Waals surface area (Å²) in [6.45, 7) is 9.35. The molecule has 10 nitrogen and oxygen atoms in total. The third-order valence-corrected chi connectivity index (χ3v) is 8.13. The van der Waals surface area contributed by atoms with Gasteiger partial charge in [-0.3, -0.25) is 0 Å². The van der Waals surface area contributed by atoms with Crippen LogP contribution in [0.15, 0.2) is 51.5 Å². The van der Waals surface area contributed by atoms with Crippen LogP contribution >= 0.6 is 22.6 Å². The fourth-order valence-electron chi connectivity index (χ4n) is 3.85. The largest absolute Gasteiger partial charge is 0.573 e. The van der Waals surface area contributed by atoms with Crippen molar-refractivity contribution in [2.75, 3.05) is 4.31 Å². The van der Waals surface area contributed by atoms with Crippen molar-refractivity contribution in [1.82, 2.24) is 0 Å². The number of carboxylic acids is 1. The first-order valence-electron chi connectivity index (χ1n) is 11.3. The van der Waals surface area contributed by atoms with Crippen molar-refractivity contribution in [2.45, 2.75) is 67.4 Å². The van der Waals surface area contributed by atoms with Gasteiger partial charge in [-0.05, 0) is 78.6 Å². The maximum Gasteiger partial charge on any atom is 0.573 e. The van der Waals surface area contributed by atoms with Gasteiger partial charge in [0.1, 0.15) is 16.2 Å². The number of carbonyl (C=O) groups is 2. The molecule has 0 saturated heterocycles. The number of azo groups is 1. The molecule has 3 rings (SSSR count). The van der Waals surface area contributed by atoms with Crippen LogP contribution in [0.2, 0.25) is 0 Å². The molecule has 0 radical (unpaired) electrons. The average Bonchev–Trinajstić information content (AvgIpc) is 3.08. The van der Waals surface area contributed by atoms with Crippen molar-refractivity contribution >= 4 is 56.1 Å². The highest BCUT2D eigenvalue weighted by atomic mass is 127. The molecular formula is C24H25F3IN3O7S. The van der Waals surface area contributed by atoms with Crippen molar-refractivity contribution in [3.8, 4) is 5.75 Å². The quantitative estimate of drug-likeness (QED) is 0.209. The zero-order valence-electron chi connectivity index (χ0n) is 21.6. The van der Waals surface area contributed by atoms with Crippen LogP contribution < -0.4 is 9.04 Å². The third kappa shape index (κ3) is 6.13. The molecule has 2 aromatic carbocycles. The number of nitrogens with zero attached hydrogens (tertiary/aromatic N) is 3. The number of carboxylic acid groups (broad SMARTS) is 1. The van der Waals surface area contributed by atoms with Crippen molar-refractivity contribution in [2.24, 2.45) is 10.2 Å². The SMILES string of the molecule is CC(C)(C)OC(=O)N(c1ccc2c(c1C(C)(C)C)C(I)(C(=O)O)N=N2)S(=O)(=O)c1ccccc1OC(F)(F)F. The Kier molecular flexibility index (Phi) is 7.77. The molecule has 0 fully saturated rings. The summed E-state index contributed by atoms with van der Waals surface area (Å²) in [6.07, 6.45) is -6.67. The molecule has 0 aliphatic carbocycles. The molecular weight excluding hydrogens is 658 g/mol. The molecule has 0 bridgehead atoms. The number of anilines is 1. The molecule has 0 spiro atoms. The van der Waals surface area contributed by atoms with E-state index in [2.05, 4.69) is 15.0 Å². The van der Waals surface area contributed by atoms with Crippen molar-refractivity contribution in [3.63, 3.8) is 0 Å². The fraction of sp³-hybridized carbons (Fsp3) is 0.417. The normalized spacial score (nSPS) is 17.5. The van der Waals surface area contributed by atoms with Crippen LogP contribution in [-0.2, 0) is 28.5 Å². The van der Waals surface area contributed by atoms with Gasteiger partial charge in [-0.2, -0.15) is 14.5 Å². The molecule has 1 aliphatic rings. The Balaban J connectivity index is 2.43. The van der Waals surface area contributed by atoms with E-state index in [1.165, 1.54) is 32.9 Å². The molecule has 212 valence electrons. The van der Waals surface area contributed by atoms with Gasteiger partial charge in [-0.1, -0.05) is 32.9 Å². The van der Waals surface area contributed by atoms with Crippen molar-refractivity contribution in [3.05, 3.63) is 47.5 Å².